The van der Waals surface area contributed by atoms with Crippen molar-refractivity contribution in [2.45, 2.75) is 44.7 Å². The van der Waals surface area contributed by atoms with Crippen LogP contribution in [-0.2, 0) is 33.6 Å². The minimum absolute atomic E-state index is 0.0449. The molecular formula is C34H33N11O13S3. The van der Waals surface area contributed by atoms with Gasteiger partial charge >= 0.3 is 24.0 Å². The van der Waals surface area contributed by atoms with Crippen LogP contribution in [0.25, 0.3) is 0 Å². The molecule has 1 unspecified atom stereocenters. The number of nitrogen functional groups attached to an aromatic ring is 1. The molecule has 4 aliphatic heterocycles. The zero-order chi connectivity index (χ0) is 44.3. The molecule has 5 heterocycles. The number of thiazole rings is 1. The standard InChI is InChI=1S/C34H33N11O13S3/c1-14(46)56-19-6-5-16(9-20(19)57-15(2)47)25(48)40-41-30(53)34(3,4)58-42-22(18-12-61-31(35)38-18)26(49)39-23-27(50)44-24(29(51)52)17(11-60-28(23)44)10-59-21-7-8-36-32-37-13-43(33(54)55)45(21)32/h5-9,12,23,28H,10-11,13H2,1-4H3,(H2,35,38)(H,39,49)(H,40,48)(H,41,53)(H,51,52)(H,54,55)/t23?,28-/m0/s1. The highest BCUT2D eigenvalue weighted by atomic mass is 32.2. The second-order valence-corrected chi connectivity index (χ2v) is 16.1. The topological polar surface area (TPSA) is 327 Å². The Bertz CT molecular complexity index is 2410. The number of carbonyl (C=O) groups excluding carboxylic acids is 6. The Morgan fingerprint density at radius 2 is 1.79 bits per heavy atom. The molecule has 6 rings (SSSR count). The highest BCUT2D eigenvalue weighted by Gasteiger charge is 2.54. The van der Waals surface area contributed by atoms with E-state index in [0.717, 1.165) is 52.9 Å². The normalized spacial score (nSPS) is 18.2. The predicted molar refractivity (Wildman–Crippen MR) is 216 cm³/mol. The van der Waals surface area contributed by atoms with Crippen LogP contribution in [0.5, 0.6) is 11.5 Å². The number of nitrogens with two attached hydrogens (primary N) is 1. The first-order chi connectivity index (χ1) is 28.9. The average Bonchev–Trinajstić information content (AvgIpc) is 3.84. The van der Waals surface area contributed by atoms with E-state index in [1.54, 1.807) is 6.08 Å². The lowest BCUT2D eigenvalue weighted by atomic mass is 10.0. The van der Waals surface area contributed by atoms with Crippen molar-refractivity contribution in [2.24, 2.45) is 15.1 Å². The van der Waals surface area contributed by atoms with Crippen LogP contribution in [0.2, 0.25) is 0 Å². The number of guanidine groups is 1. The van der Waals surface area contributed by atoms with Crippen LogP contribution in [0.3, 0.4) is 0 Å². The van der Waals surface area contributed by atoms with Crippen LogP contribution in [0.15, 0.2) is 61.1 Å². The van der Waals surface area contributed by atoms with Crippen molar-refractivity contribution in [1.82, 2.24) is 36.1 Å². The van der Waals surface area contributed by atoms with E-state index in [4.69, 9.17) is 20.0 Å². The first kappa shape index (κ1) is 43.6. The van der Waals surface area contributed by atoms with Crippen molar-refractivity contribution in [3.05, 3.63) is 57.2 Å². The molecule has 0 bridgehead atoms. The van der Waals surface area contributed by atoms with Gasteiger partial charge in [0.1, 0.15) is 34.5 Å². The van der Waals surface area contributed by atoms with Crippen molar-refractivity contribution < 1.29 is 62.9 Å². The van der Waals surface area contributed by atoms with Crippen LogP contribution < -0.4 is 31.4 Å². The molecule has 4 aliphatic rings. The zero-order valence-electron chi connectivity index (χ0n) is 32.1. The molecule has 24 nitrogen and oxygen atoms in total. The van der Waals surface area contributed by atoms with E-state index in [1.807, 2.05) is 0 Å². The van der Waals surface area contributed by atoms with Crippen molar-refractivity contribution in [1.29, 1.82) is 0 Å². The van der Waals surface area contributed by atoms with E-state index in [9.17, 15) is 48.6 Å². The van der Waals surface area contributed by atoms with E-state index < -0.39 is 70.4 Å². The minimum atomic E-state index is -1.88. The van der Waals surface area contributed by atoms with Gasteiger partial charge in [0.2, 0.25) is 11.6 Å². The van der Waals surface area contributed by atoms with E-state index in [2.05, 4.69) is 36.3 Å². The Kier molecular flexibility index (Phi) is 12.6. The second kappa shape index (κ2) is 17.7. The van der Waals surface area contributed by atoms with E-state index >= 15 is 0 Å². The summed E-state index contributed by atoms with van der Waals surface area (Å²) in [5.41, 5.74) is 7.66. The number of allylic oxidation sites excluding steroid dienone is 1. The molecule has 5 amide bonds. The summed E-state index contributed by atoms with van der Waals surface area (Å²) in [7, 11) is 0. The number of aromatic nitrogens is 1. The van der Waals surface area contributed by atoms with Gasteiger partial charge in [-0.1, -0.05) is 5.16 Å². The highest BCUT2D eigenvalue weighted by Crippen LogP contribution is 2.42. The number of oxime groups is 1. The maximum absolute atomic E-state index is 13.7. The molecule has 61 heavy (non-hydrogen) atoms. The molecule has 1 fully saturated rings. The molecule has 1 aromatic carbocycles. The minimum Gasteiger partial charge on any atom is -0.477 e. The Morgan fingerprint density at radius 3 is 2.44 bits per heavy atom. The van der Waals surface area contributed by atoms with Gasteiger partial charge in [0.25, 0.3) is 23.6 Å². The van der Waals surface area contributed by atoms with Gasteiger partial charge in [0.15, 0.2) is 22.3 Å². The van der Waals surface area contributed by atoms with Gasteiger partial charge < -0.3 is 35.6 Å². The number of fused-ring (bicyclic) bond motifs is 2. The first-order valence-electron chi connectivity index (χ1n) is 17.4. The summed E-state index contributed by atoms with van der Waals surface area (Å²) < 4.78 is 10.0. The van der Waals surface area contributed by atoms with E-state index in [0.29, 0.717) is 10.6 Å². The number of aliphatic carboxylic acids is 1. The molecule has 1 aromatic heterocycles. The number of carboxylic acid groups (broad SMARTS) is 2. The number of esters is 2. The Hall–Kier alpha value is -7.00. The summed E-state index contributed by atoms with van der Waals surface area (Å²) in [5.74, 6) is -6.41. The first-order valence-corrected chi connectivity index (χ1v) is 20.3. The summed E-state index contributed by atoms with van der Waals surface area (Å²) >= 11 is 3.27. The Labute approximate surface area is 355 Å². The number of rotatable bonds is 13. The number of β-lactam (4-membered cyclic amide) rings is 1. The number of hydrogen-bond donors (Lipinski definition) is 6. The SMILES string of the molecule is CC(=O)Oc1ccc(C(=O)NNC(=O)C(C)(C)ON=C(C(=O)NC2C(=O)N3C(C(=O)O)=C(CSC4=CC=NC5=NCN(C(=O)O)N45)CS[C@@H]23)c2csc(N)n2)cc1OC(C)=O. The predicted octanol–water partition coefficient (Wildman–Crippen LogP) is 0.458. The zero-order valence-corrected chi connectivity index (χ0v) is 34.5. The molecule has 0 radical (unpaired) electrons. The number of carboxylic acids is 1. The van der Waals surface area contributed by atoms with E-state index in [1.165, 1.54) is 54.3 Å². The van der Waals surface area contributed by atoms with E-state index in [-0.39, 0.29) is 57.7 Å². The van der Waals surface area contributed by atoms with Crippen LogP contribution >= 0.6 is 34.9 Å². The molecule has 1 saturated heterocycles. The number of carbonyl (C=O) groups is 8. The largest absolute Gasteiger partial charge is 0.477 e. The van der Waals surface area contributed by atoms with Crippen LogP contribution in [0, 0.1) is 0 Å². The molecule has 320 valence electrons. The number of nitrogens with one attached hydrogen (secondary N) is 3. The van der Waals surface area contributed by atoms with Gasteiger partial charge in [-0.15, -0.1) is 34.9 Å². The van der Waals surface area contributed by atoms with Gasteiger partial charge in [-0.3, -0.25) is 44.5 Å². The van der Waals surface area contributed by atoms with Crippen LogP contribution in [-0.4, -0.2) is 131 Å². The van der Waals surface area contributed by atoms with Gasteiger partial charge in [0.05, 0.1) is 0 Å². The Balaban J connectivity index is 1.11. The summed E-state index contributed by atoms with van der Waals surface area (Å²) in [6.07, 6.45) is 1.73. The van der Waals surface area contributed by atoms with Gasteiger partial charge in [-0.05, 0) is 43.7 Å². The van der Waals surface area contributed by atoms with Gasteiger partial charge in [-0.2, -0.15) is 5.01 Å². The molecular weight excluding hydrogens is 867 g/mol. The maximum atomic E-state index is 13.7. The molecule has 0 saturated carbocycles. The molecule has 2 aromatic rings. The smallest absolute Gasteiger partial charge is 0.428 e. The maximum Gasteiger partial charge on any atom is 0.428 e. The third-order valence-electron chi connectivity index (χ3n) is 8.44. The van der Waals surface area contributed by atoms with Crippen molar-refractivity contribution >= 4 is 106 Å². The molecule has 27 heteroatoms. The number of thioether (sulfide) groups is 2. The average molecular weight is 900 g/mol. The third-order valence-corrected chi connectivity index (χ3v) is 11.5. The lowest BCUT2D eigenvalue weighted by molar-refractivity contribution is -0.150. The van der Waals surface area contributed by atoms with Crippen LogP contribution in [0.4, 0.5) is 9.93 Å². The number of benzene rings is 1. The Morgan fingerprint density at radius 1 is 1.07 bits per heavy atom. The number of nitrogens with zero attached hydrogens (tertiary/aromatic N) is 7. The number of anilines is 1. The molecule has 0 spiro atoms. The fourth-order valence-corrected chi connectivity index (χ4v) is 8.64. The monoisotopic (exact) mass is 899 g/mol. The van der Waals surface area contributed by atoms with Gasteiger partial charge in [0, 0.05) is 42.5 Å². The quantitative estimate of drug-likeness (QED) is 0.0523. The summed E-state index contributed by atoms with van der Waals surface area (Å²) in [6, 6.07) is 2.33. The fraction of sp³-hybridized carbons (Fsp3) is 0.294. The summed E-state index contributed by atoms with van der Waals surface area (Å²) in [4.78, 5) is 119. The lowest BCUT2D eigenvalue weighted by Crippen LogP contribution is -2.71. The molecule has 2 atom stereocenters. The lowest BCUT2D eigenvalue weighted by Gasteiger charge is -2.49. The van der Waals surface area contributed by atoms with Crippen LogP contribution in [0.1, 0.15) is 43.7 Å². The fourth-order valence-electron chi connectivity index (χ4n) is 5.60. The number of amides is 5. The van der Waals surface area contributed by atoms with Gasteiger partial charge in [-0.25, -0.2) is 29.6 Å². The summed E-state index contributed by atoms with van der Waals surface area (Å²) in [5, 5.41) is 29.4. The number of hydrazine groups is 2. The van der Waals surface area contributed by atoms with Crippen molar-refractivity contribution in [3.8, 4) is 11.5 Å². The third kappa shape index (κ3) is 9.42. The number of ether oxygens (including phenoxy) is 2. The van der Waals surface area contributed by atoms with Crippen molar-refractivity contribution in [3.63, 3.8) is 0 Å². The van der Waals surface area contributed by atoms with Crippen molar-refractivity contribution in [2.75, 3.05) is 23.9 Å². The second-order valence-electron chi connectivity index (χ2n) is 13.2. The molecule has 0 aliphatic carbocycles. The molecule has 7 N–H and O–H groups in total. The summed E-state index contributed by atoms with van der Waals surface area (Å²) in [6.45, 7) is 4.58. The highest BCUT2D eigenvalue weighted by molar-refractivity contribution is 8.03. The number of aliphatic imine (C=N–C) groups is 2. The number of hydrogen-bond acceptors (Lipinski definition) is 20.